The van der Waals surface area contributed by atoms with Gasteiger partial charge in [0.2, 0.25) is 0 Å². The van der Waals surface area contributed by atoms with Gasteiger partial charge in [-0.1, -0.05) is 38.1 Å². The van der Waals surface area contributed by atoms with Crippen molar-refractivity contribution < 1.29 is 9.84 Å². The SMILES string of the molecule is CC(C)C1CC(O)(Cc2ccc3ccccc3n2)CCO1. The second-order valence-corrected chi connectivity index (χ2v) is 6.50. The second-order valence-electron chi connectivity index (χ2n) is 6.50. The van der Waals surface area contributed by atoms with Gasteiger partial charge in [-0.15, -0.1) is 0 Å². The van der Waals surface area contributed by atoms with Gasteiger partial charge in [0.25, 0.3) is 0 Å². The van der Waals surface area contributed by atoms with Crippen LogP contribution >= 0.6 is 0 Å². The van der Waals surface area contributed by atoms with E-state index in [0.717, 1.165) is 16.6 Å². The monoisotopic (exact) mass is 285 g/mol. The Balaban J connectivity index is 1.80. The van der Waals surface area contributed by atoms with Gasteiger partial charge in [0.05, 0.1) is 17.2 Å². The molecule has 2 heterocycles. The second kappa shape index (κ2) is 5.74. The Labute approximate surface area is 126 Å². The van der Waals surface area contributed by atoms with Crippen molar-refractivity contribution in [3.63, 3.8) is 0 Å². The van der Waals surface area contributed by atoms with E-state index in [9.17, 15) is 5.11 Å². The highest BCUT2D eigenvalue weighted by molar-refractivity contribution is 5.78. The first-order chi connectivity index (χ1) is 10.1. The molecule has 0 bridgehead atoms. The number of hydrogen-bond donors (Lipinski definition) is 1. The lowest BCUT2D eigenvalue weighted by atomic mass is 9.83. The van der Waals surface area contributed by atoms with Gasteiger partial charge in [0, 0.05) is 30.5 Å². The van der Waals surface area contributed by atoms with E-state index in [-0.39, 0.29) is 6.10 Å². The first-order valence-electron chi connectivity index (χ1n) is 7.74. The predicted molar refractivity (Wildman–Crippen MR) is 84.2 cm³/mol. The van der Waals surface area contributed by atoms with Crippen molar-refractivity contribution in [2.24, 2.45) is 5.92 Å². The number of hydrogen-bond acceptors (Lipinski definition) is 3. The molecule has 2 aromatic rings. The molecule has 3 nitrogen and oxygen atoms in total. The summed E-state index contributed by atoms with van der Waals surface area (Å²) < 4.78 is 5.76. The maximum absolute atomic E-state index is 10.9. The molecule has 1 aliphatic heterocycles. The highest BCUT2D eigenvalue weighted by atomic mass is 16.5. The summed E-state index contributed by atoms with van der Waals surface area (Å²) in [5, 5.41) is 12.0. The molecule has 0 spiro atoms. The molecule has 21 heavy (non-hydrogen) atoms. The summed E-state index contributed by atoms with van der Waals surface area (Å²) in [6.45, 7) is 4.92. The van der Waals surface area contributed by atoms with Gasteiger partial charge in [-0.05, 0) is 24.5 Å². The van der Waals surface area contributed by atoms with Gasteiger partial charge >= 0.3 is 0 Å². The standard InChI is InChI=1S/C18H23NO2/c1-13(2)17-12-18(20,9-10-21-17)11-15-8-7-14-5-3-4-6-16(14)19-15/h3-8,13,17,20H,9-12H2,1-2H3. The zero-order valence-corrected chi connectivity index (χ0v) is 12.7. The zero-order valence-electron chi connectivity index (χ0n) is 12.7. The van der Waals surface area contributed by atoms with Crippen LogP contribution in [0.3, 0.4) is 0 Å². The molecule has 1 N–H and O–H groups in total. The molecule has 1 aromatic heterocycles. The molecule has 3 heteroatoms. The minimum atomic E-state index is -0.692. The maximum atomic E-state index is 10.9. The number of nitrogens with zero attached hydrogens (tertiary/aromatic N) is 1. The summed E-state index contributed by atoms with van der Waals surface area (Å²) in [7, 11) is 0. The molecule has 0 saturated carbocycles. The van der Waals surface area contributed by atoms with E-state index in [1.165, 1.54) is 0 Å². The third-order valence-corrected chi connectivity index (χ3v) is 4.39. The molecule has 2 unspecified atom stereocenters. The maximum Gasteiger partial charge on any atom is 0.0749 e. The Morgan fingerprint density at radius 3 is 2.90 bits per heavy atom. The number of aliphatic hydroxyl groups is 1. The minimum absolute atomic E-state index is 0.143. The molecular formula is C18H23NO2. The number of benzene rings is 1. The van der Waals surface area contributed by atoms with Crippen molar-refractivity contribution in [1.29, 1.82) is 0 Å². The summed E-state index contributed by atoms with van der Waals surface area (Å²) >= 11 is 0. The van der Waals surface area contributed by atoms with Crippen molar-refractivity contribution in [3.8, 4) is 0 Å². The summed E-state index contributed by atoms with van der Waals surface area (Å²) in [5.41, 5.74) is 1.26. The van der Waals surface area contributed by atoms with Gasteiger partial charge in [-0.2, -0.15) is 0 Å². The van der Waals surface area contributed by atoms with Crippen molar-refractivity contribution in [2.75, 3.05) is 6.61 Å². The summed E-state index contributed by atoms with van der Waals surface area (Å²) in [4.78, 5) is 4.68. The van der Waals surface area contributed by atoms with Crippen LogP contribution in [-0.2, 0) is 11.2 Å². The van der Waals surface area contributed by atoms with Crippen LogP contribution in [0.4, 0.5) is 0 Å². The fourth-order valence-electron chi connectivity index (χ4n) is 3.07. The van der Waals surface area contributed by atoms with E-state index in [4.69, 9.17) is 4.74 Å². The molecule has 0 amide bonds. The Hall–Kier alpha value is -1.45. The van der Waals surface area contributed by atoms with Gasteiger partial charge in [0.1, 0.15) is 0 Å². The number of para-hydroxylation sites is 1. The molecule has 1 aromatic carbocycles. The lowest BCUT2D eigenvalue weighted by Crippen LogP contribution is -2.44. The van der Waals surface area contributed by atoms with E-state index in [0.29, 0.717) is 31.8 Å². The van der Waals surface area contributed by atoms with E-state index in [2.05, 4.69) is 31.0 Å². The average molecular weight is 285 g/mol. The quantitative estimate of drug-likeness (QED) is 0.940. The Morgan fingerprint density at radius 1 is 1.29 bits per heavy atom. The van der Waals surface area contributed by atoms with Gasteiger partial charge in [-0.25, -0.2) is 0 Å². The van der Waals surface area contributed by atoms with E-state index < -0.39 is 5.60 Å². The molecule has 1 saturated heterocycles. The number of fused-ring (bicyclic) bond motifs is 1. The van der Waals surface area contributed by atoms with Crippen LogP contribution in [0.1, 0.15) is 32.4 Å². The fraction of sp³-hybridized carbons (Fsp3) is 0.500. The molecule has 2 atom stereocenters. The Kier molecular flexibility index (Phi) is 3.96. The summed E-state index contributed by atoms with van der Waals surface area (Å²) in [5.74, 6) is 0.432. The molecular weight excluding hydrogens is 262 g/mol. The van der Waals surface area contributed by atoms with Crippen LogP contribution < -0.4 is 0 Å². The third kappa shape index (κ3) is 3.25. The number of rotatable bonds is 3. The van der Waals surface area contributed by atoms with Crippen molar-refractivity contribution in [2.45, 2.75) is 44.8 Å². The molecule has 0 aliphatic carbocycles. The lowest BCUT2D eigenvalue weighted by molar-refractivity contribution is -0.116. The number of pyridine rings is 1. The van der Waals surface area contributed by atoms with E-state index in [1.54, 1.807) is 0 Å². The first kappa shape index (κ1) is 14.5. The van der Waals surface area contributed by atoms with Crippen LogP contribution in [0.25, 0.3) is 10.9 Å². The highest BCUT2D eigenvalue weighted by Gasteiger charge is 2.36. The third-order valence-electron chi connectivity index (χ3n) is 4.39. The molecule has 3 rings (SSSR count). The first-order valence-corrected chi connectivity index (χ1v) is 7.74. The van der Waals surface area contributed by atoms with Crippen molar-refractivity contribution >= 4 is 10.9 Å². The van der Waals surface area contributed by atoms with E-state index >= 15 is 0 Å². The molecule has 0 radical (unpaired) electrons. The van der Waals surface area contributed by atoms with Crippen LogP contribution in [0.2, 0.25) is 0 Å². The average Bonchev–Trinajstić information content (AvgIpc) is 2.46. The highest BCUT2D eigenvalue weighted by Crippen LogP contribution is 2.31. The van der Waals surface area contributed by atoms with E-state index in [1.807, 2.05) is 24.3 Å². The zero-order chi connectivity index (χ0) is 14.9. The molecule has 112 valence electrons. The number of ether oxygens (including phenoxy) is 1. The summed E-state index contributed by atoms with van der Waals surface area (Å²) in [6, 6.07) is 12.2. The van der Waals surface area contributed by atoms with Crippen LogP contribution in [-0.4, -0.2) is 28.4 Å². The van der Waals surface area contributed by atoms with Crippen LogP contribution in [0.5, 0.6) is 0 Å². The lowest BCUT2D eigenvalue weighted by Gasteiger charge is -2.38. The largest absolute Gasteiger partial charge is 0.389 e. The smallest absolute Gasteiger partial charge is 0.0749 e. The minimum Gasteiger partial charge on any atom is -0.389 e. The molecule has 1 aliphatic rings. The van der Waals surface area contributed by atoms with Gasteiger partial charge in [-0.3, -0.25) is 4.98 Å². The van der Waals surface area contributed by atoms with Crippen molar-refractivity contribution in [3.05, 3.63) is 42.1 Å². The Morgan fingerprint density at radius 2 is 2.10 bits per heavy atom. The normalized spacial score (nSPS) is 26.4. The van der Waals surface area contributed by atoms with Gasteiger partial charge < -0.3 is 9.84 Å². The predicted octanol–water partition coefficient (Wildman–Crippen LogP) is 3.34. The summed E-state index contributed by atoms with van der Waals surface area (Å²) in [6.07, 6.45) is 2.12. The Bertz CT molecular complexity index is 625. The van der Waals surface area contributed by atoms with Gasteiger partial charge in [0.15, 0.2) is 0 Å². The van der Waals surface area contributed by atoms with Crippen molar-refractivity contribution in [1.82, 2.24) is 4.98 Å². The number of aromatic nitrogens is 1. The topological polar surface area (TPSA) is 42.4 Å². The molecule has 1 fully saturated rings. The van der Waals surface area contributed by atoms with Crippen LogP contribution in [0.15, 0.2) is 36.4 Å². The fourth-order valence-corrected chi connectivity index (χ4v) is 3.07. The van der Waals surface area contributed by atoms with Crippen LogP contribution in [0, 0.1) is 5.92 Å².